The number of amidine groups is 1. The van der Waals surface area contributed by atoms with Crippen molar-refractivity contribution in [2.45, 2.75) is 26.7 Å². The van der Waals surface area contributed by atoms with Gasteiger partial charge in [0.2, 0.25) is 5.91 Å². The number of nitrogens with zero attached hydrogens (tertiary/aromatic N) is 2. The molecule has 1 aliphatic rings. The van der Waals surface area contributed by atoms with E-state index < -0.39 is 0 Å². The van der Waals surface area contributed by atoms with Crippen molar-refractivity contribution < 1.29 is 9.59 Å². The smallest absolute Gasteiger partial charge is 0.264 e. The average Bonchev–Trinajstić information content (AvgIpc) is 3.14. The van der Waals surface area contributed by atoms with Gasteiger partial charge in [0.05, 0.1) is 15.5 Å². The Balaban J connectivity index is 1.80. The van der Waals surface area contributed by atoms with Crippen LogP contribution >= 0.6 is 23.1 Å². The molecule has 1 aliphatic heterocycles. The Kier molecular flexibility index (Phi) is 5.53. The second-order valence-corrected chi connectivity index (χ2v) is 8.04. The van der Waals surface area contributed by atoms with E-state index in [1.54, 1.807) is 12.3 Å². The predicted molar refractivity (Wildman–Crippen MR) is 108 cm³/mol. The van der Waals surface area contributed by atoms with Crippen LogP contribution in [0.25, 0.3) is 6.08 Å². The largest absolute Gasteiger partial charge is 0.302 e. The molecule has 0 radical (unpaired) electrons. The third kappa shape index (κ3) is 4.39. The molecule has 3 rings (SSSR count). The van der Waals surface area contributed by atoms with E-state index in [0.29, 0.717) is 21.1 Å². The molecule has 2 amide bonds. The van der Waals surface area contributed by atoms with Crippen molar-refractivity contribution in [3.63, 3.8) is 0 Å². The number of hydrogen-bond acceptors (Lipinski definition) is 6. The molecule has 0 bridgehead atoms. The molecular weight excluding hydrogens is 368 g/mol. The highest BCUT2D eigenvalue weighted by Crippen LogP contribution is 2.32. The first-order chi connectivity index (χ1) is 12.4. The van der Waals surface area contributed by atoms with Gasteiger partial charge in [-0.2, -0.15) is 0 Å². The maximum absolute atomic E-state index is 12.2. The second-order valence-electron chi connectivity index (χ2n) is 5.94. The monoisotopic (exact) mass is 386 g/mol. The van der Waals surface area contributed by atoms with Crippen molar-refractivity contribution in [3.8, 4) is 0 Å². The molecule has 0 spiro atoms. The molecule has 134 valence electrons. The summed E-state index contributed by atoms with van der Waals surface area (Å²) in [4.78, 5) is 33.3. The van der Waals surface area contributed by atoms with Gasteiger partial charge in [0, 0.05) is 13.1 Å². The third-order valence-electron chi connectivity index (χ3n) is 3.51. The Morgan fingerprint density at radius 1 is 1.35 bits per heavy atom. The Morgan fingerprint density at radius 2 is 2.12 bits per heavy atom. The summed E-state index contributed by atoms with van der Waals surface area (Å²) in [6, 6.07) is 7.91. The van der Waals surface area contributed by atoms with Crippen LogP contribution in [-0.4, -0.2) is 22.0 Å². The zero-order chi connectivity index (χ0) is 18.7. The summed E-state index contributed by atoms with van der Waals surface area (Å²) in [5.74, 6) is -0.0212. The highest BCUT2D eigenvalue weighted by molar-refractivity contribution is 8.18. The lowest BCUT2D eigenvalue weighted by Gasteiger charge is -2.08. The zero-order valence-electron chi connectivity index (χ0n) is 14.6. The molecule has 2 N–H and O–H groups in total. The lowest BCUT2D eigenvalue weighted by molar-refractivity contribution is -0.115. The fourth-order valence-corrected chi connectivity index (χ4v) is 4.06. The van der Waals surface area contributed by atoms with Crippen LogP contribution in [-0.2, 0) is 9.59 Å². The Labute approximate surface area is 159 Å². The fraction of sp³-hybridized carbons (Fsp3) is 0.222. The van der Waals surface area contributed by atoms with Gasteiger partial charge in [-0.25, -0.2) is 9.98 Å². The summed E-state index contributed by atoms with van der Waals surface area (Å²) in [5, 5.41) is 6.49. The number of thiazole rings is 1. The van der Waals surface area contributed by atoms with Gasteiger partial charge in [0.25, 0.3) is 5.91 Å². The van der Waals surface area contributed by atoms with E-state index in [0.717, 1.165) is 16.1 Å². The summed E-state index contributed by atoms with van der Waals surface area (Å²) in [7, 11) is 0. The number of carbonyl (C=O) groups excluding carboxylic acids is 2. The molecule has 0 unspecified atom stereocenters. The second kappa shape index (κ2) is 7.84. The highest BCUT2D eigenvalue weighted by atomic mass is 32.2. The molecule has 2 aromatic rings. The standard InChI is InChI=1S/C18H18N4O2S2/c1-10(2)13-6-4-5-7-14(13)21-18-22-16(24)15(26-18)8-12-9-19-17(25-12)20-11(3)23/h4-10H,1-3H3,(H,19,20,23)(H,21,22,24). The predicted octanol–water partition coefficient (Wildman–Crippen LogP) is 4.12. The molecular formula is C18H18N4O2S2. The van der Waals surface area contributed by atoms with Gasteiger partial charge in [-0.15, -0.1) is 0 Å². The Hall–Kier alpha value is -2.45. The first kappa shape index (κ1) is 18.3. The van der Waals surface area contributed by atoms with Crippen LogP contribution in [0, 0.1) is 0 Å². The van der Waals surface area contributed by atoms with Gasteiger partial charge in [-0.1, -0.05) is 43.4 Å². The number of aromatic nitrogens is 1. The number of benzene rings is 1. The molecule has 2 heterocycles. The topological polar surface area (TPSA) is 83.4 Å². The summed E-state index contributed by atoms with van der Waals surface area (Å²) >= 11 is 2.60. The Morgan fingerprint density at radius 3 is 2.85 bits per heavy atom. The summed E-state index contributed by atoms with van der Waals surface area (Å²) in [5.41, 5.74) is 1.99. The SMILES string of the molecule is CC(=O)Nc1ncc(C=C2SC(=Nc3ccccc3C(C)C)NC2=O)s1. The van der Waals surface area contributed by atoms with Crippen LogP contribution in [0.5, 0.6) is 0 Å². The highest BCUT2D eigenvalue weighted by Gasteiger charge is 2.24. The number of hydrogen-bond donors (Lipinski definition) is 2. The van der Waals surface area contributed by atoms with E-state index >= 15 is 0 Å². The maximum atomic E-state index is 12.2. The molecule has 0 aliphatic carbocycles. The number of para-hydroxylation sites is 1. The maximum Gasteiger partial charge on any atom is 0.264 e. The van der Waals surface area contributed by atoms with Crippen LogP contribution in [0.4, 0.5) is 10.8 Å². The van der Waals surface area contributed by atoms with Crippen LogP contribution < -0.4 is 10.6 Å². The fourth-order valence-electron chi connectivity index (χ4n) is 2.36. The molecule has 1 aromatic carbocycles. The van der Waals surface area contributed by atoms with E-state index in [1.165, 1.54) is 30.0 Å². The number of thioether (sulfide) groups is 1. The number of anilines is 1. The van der Waals surface area contributed by atoms with E-state index in [4.69, 9.17) is 0 Å². The van der Waals surface area contributed by atoms with Gasteiger partial charge in [0.15, 0.2) is 10.3 Å². The average molecular weight is 387 g/mol. The summed E-state index contributed by atoms with van der Waals surface area (Å²) in [6.45, 7) is 5.65. The summed E-state index contributed by atoms with van der Waals surface area (Å²) in [6.07, 6.45) is 3.37. The van der Waals surface area contributed by atoms with Crippen molar-refractivity contribution in [2.75, 3.05) is 5.32 Å². The van der Waals surface area contributed by atoms with Gasteiger partial charge < -0.3 is 10.6 Å². The molecule has 1 fully saturated rings. The lowest BCUT2D eigenvalue weighted by atomic mass is 10.0. The van der Waals surface area contributed by atoms with Gasteiger partial charge in [-0.3, -0.25) is 9.59 Å². The van der Waals surface area contributed by atoms with Crippen molar-refractivity contribution in [1.82, 2.24) is 10.3 Å². The van der Waals surface area contributed by atoms with E-state index in [9.17, 15) is 9.59 Å². The molecule has 1 aromatic heterocycles. The van der Waals surface area contributed by atoms with Crippen LogP contribution in [0.2, 0.25) is 0 Å². The van der Waals surface area contributed by atoms with E-state index in [-0.39, 0.29) is 11.8 Å². The van der Waals surface area contributed by atoms with Gasteiger partial charge in [0.1, 0.15) is 0 Å². The number of carbonyl (C=O) groups is 2. The molecule has 0 atom stereocenters. The first-order valence-corrected chi connectivity index (χ1v) is 9.67. The van der Waals surface area contributed by atoms with Crippen molar-refractivity contribution in [2.24, 2.45) is 4.99 Å². The number of nitrogens with one attached hydrogen (secondary N) is 2. The van der Waals surface area contributed by atoms with Crippen LogP contribution in [0.15, 0.2) is 40.4 Å². The van der Waals surface area contributed by atoms with E-state index in [1.807, 2.05) is 24.3 Å². The molecule has 8 heteroatoms. The number of amides is 2. The quantitative estimate of drug-likeness (QED) is 0.775. The minimum Gasteiger partial charge on any atom is -0.302 e. The van der Waals surface area contributed by atoms with Gasteiger partial charge in [-0.05, 0) is 35.4 Å². The van der Waals surface area contributed by atoms with E-state index in [2.05, 4.69) is 34.5 Å². The molecule has 6 nitrogen and oxygen atoms in total. The number of aliphatic imine (C=N–C) groups is 1. The van der Waals surface area contributed by atoms with Crippen molar-refractivity contribution >= 4 is 57.0 Å². The molecule has 0 saturated carbocycles. The van der Waals surface area contributed by atoms with Crippen molar-refractivity contribution in [3.05, 3.63) is 45.8 Å². The van der Waals surface area contributed by atoms with Gasteiger partial charge >= 0.3 is 0 Å². The zero-order valence-corrected chi connectivity index (χ0v) is 16.2. The minimum absolute atomic E-state index is 0.176. The molecule has 1 saturated heterocycles. The van der Waals surface area contributed by atoms with Crippen LogP contribution in [0.1, 0.15) is 37.1 Å². The normalized spacial score (nSPS) is 17.2. The molecule has 26 heavy (non-hydrogen) atoms. The minimum atomic E-state index is -0.190. The Bertz CT molecular complexity index is 915. The number of rotatable bonds is 4. The van der Waals surface area contributed by atoms with Crippen molar-refractivity contribution in [1.29, 1.82) is 0 Å². The van der Waals surface area contributed by atoms with Crippen LogP contribution in [0.3, 0.4) is 0 Å². The first-order valence-electron chi connectivity index (χ1n) is 8.04. The summed E-state index contributed by atoms with van der Waals surface area (Å²) < 4.78 is 0. The lowest BCUT2D eigenvalue weighted by Crippen LogP contribution is -2.19. The third-order valence-corrected chi connectivity index (χ3v) is 5.28.